The number of benzene rings is 1. The summed E-state index contributed by atoms with van der Waals surface area (Å²) in [6, 6.07) is 5.93. The number of nitrogens with two attached hydrogens (primary N) is 1. The molecule has 2 aliphatic heterocycles. The van der Waals surface area contributed by atoms with E-state index in [1.54, 1.807) is 17.0 Å². The van der Waals surface area contributed by atoms with Gasteiger partial charge in [-0.2, -0.15) is 0 Å². The van der Waals surface area contributed by atoms with Gasteiger partial charge in [0.2, 0.25) is 0 Å². The Morgan fingerprint density at radius 2 is 1.89 bits per heavy atom. The van der Waals surface area contributed by atoms with E-state index in [0.29, 0.717) is 36.7 Å². The quantitative estimate of drug-likeness (QED) is 0.628. The van der Waals surface area contributed by atoms with Crippen molar-refractivity contribution in [2.75, 3.05) is 25.0 Å². The van der Waals surface area contributed by atoms with Gasteiger partial charge in [-0.15, -0.1) is 13.2 Å². The lowest BCUT2D eigenvalue weighted by atomic mass is 9.98. The number of aromatic nitrogens is 2. The summed E-state index contributed by atoms with van der Waals surface area (Å²) in [5.74, 6) is 0.204. The number of anilines is 1. The van der Waals surface area contributed by atoms with Crippen molar-refractivity contribution in [2.24, 2.45) is 5.73 Å². The molecule has 3 heterocycles. The molecule has 2 aromatic rings. The van der Waals surface area contributed by atoms with Crippen LogP contribution in [-0.2, 0) is 4.74 Å². The maximum Gasteiger partial charge on any atom is 0.573 e. The van der Waals surface area contributed by atoms with Gasteiger partial charge in [0.25, 0.3) is 5.91 Å². The summed E-state index contributed by atoms with van der Waals surface area (Å²) >= 11 is 0. The van der Waals surface area contributed by atoms with Gasteiger partial charge >= 0.3 is 6.36 Å². The fourth-order valence-electron chi connectivity index (χ4n) is 4.49. The summed E-state index contributed by atoms with van der Waals surface area (Å²) in [6.07, 6.45) is 0.419. The van der Waals surface area contributed by atoms with Gasteiger partial charge < -0.3 is 25.4 Å². The summed E-state index contributed by atoms with van der Waals surface area (Å²) in [5, 5.41) is 3.28. The van der Waals surface area contributed by atoms with E-state index in [4.69, 9.17) is 10.5 Å². The Labute approximate surface area is 202 Å². The molecule has 8 nitrogen and oxygen atoms in total. The minimum atomic E-state index is -4.72. The predicted molar refractivity (Wildman–Crippen MR) is 123 cm³/mol. The Morgan fingerprint density at radius 1 is 1.17 bits per heavy atom. The molecule has 0 spiro atoms. The van der Waals surface area contributed by atoms with Gasteiger partial charge in [-0.1, -0.05) is 12.1 Å². The molecule has 1 amide bonds. The predicted octanol–water partition coefficient (Wildman–Crippen LogP) is 3.97. The van der Waals surface area contributed by atoms with Crippen molar-refractivity contribution in [3.05, 3.63) is 47.4 Å². The summed E-state index contributed by atoms with van der Waals surface area (Å²) in [7, 11) is 0. The number of amides is 1. The molecule has 190 valence electrons. The average molecular weight is 494 g/mol. The first-order chi connectivity index (χ1) is 16.7. The number of carbonyl (C=O) groups is 1. The largest absolute Gasteiger partial charge is 0.573 e. The summed E-state index contributed by atoms with van der Waals surface area (Å²) in [6.45, 7) is 3.54. The summed E-state index contributed by atoms with van der Waals surface area (Å²) in [5.41, 5.74) is 7.80. The molecule has 0 radical (unpaired) electrons. The molecule has 0 unspecified atom stereocenters. The van der Waals surface area contributed by atoms with Crippen LogP contribution in [0.4, 0.5) is 19.0 Å². The number of nitrogens with one attached hydrogen (secondary N) is 1. The summed E-state index contributed by atoms with van der Waals surface area (Å²) < 4.78 is 47.3. The lowest BCUT2D eigenvalue weighted by molar-refractivity contribution is -0.274. The Morgan fingerprint density at radius 3 is 2.57 bits per heavy atom. The molecule has 2 saturated heterocycles. The van der Waals surface area contributed by atoms with E-state index in [0.717, 1.165) is 37.7 Å². The van der Waals surface area contributed by atoms with Crippen molar-refractivity contribution in [2.45, 2.75) is 63.6 Å². The molecular weight excluding hydrogens is 463 g/mol. The van der Waals surface area contributed by atoms with Crippen LogP contribution in [0, 0.1) is 6.92 Å². The molecule has 1 aromatic carbocycles. The van der Waals surface area contributed by atoms with Crippen LogP contribution >= 0.6 is 0 Å². The first kappa shape index (κ1) is 25.2. The third-order valence-corrected chi connectivity index (χ3v) is 6.45. The standard InChI is InChI=1S/C24H30F3N5O3/c1-15-21(23(33)32-11-9-17(28)10-12-32)30-14-31-22(15)29-13-19-3-2-4-20(34-19)16-5-7-18(8-6-16)35-24(25,26)27/h5-8,14,17,19-20H,2-4,9-13,28H2,1H3,(H,29,30,31)/t19-,20+/m0/s1. The van der Waals surface area contributed by atoms with E-state index in [2.05, 4.69) is 20.0 Å². The number of rotatable bonds is 6. The van der Waals surface area contributed by atoms with E-state index < -0.39 is 6.36 Å². The second kappa shape index (κ2) is 10.8. The van der Waals surface area contributed by atoms with Crippen molar-refractivity contribution >= 4 is 11.7 Å². The normalized spacial score (nSPS) is 21.6. The Balaban J connectivity index is 1.35. The third-order valence-electron chi connectivity index (χ3n) is 6.45. The van der Waals surface area contributed by atoms with Gasteiger partial charge in [0.1, 0.15) is 23.6 Å². The van der Waals surface area contributed by atoms with Crippen LogP contribution in [0.25, 0.3) is 0 Å². The monoisotopic (exact) mass is 493 g/mol. The van der Waals surface area contributed by atoms with Crippen molar-refractivity contribution in [3.63, 3.8) is 0 Å². The number of hydrogen-bond donors (Lipinski definition) is 2. The fraction of sp³-hybridized carbons (Fsp3) is 0.542. The molecule has 1 aromatic heterocycles. The zero-order valence-electron chi connectivity index (χ0n) is 19.6. The molecule has 4 rings (SSSR count). The van der Waals surface area contributed by atoms with Gasteiger partial charge in [-0.05, 0) is 56.7 Å². The van der Waals surface area contributed by atoms with Crippen LogP contribution in [-0.4, -0.2) is 58.9 Å². The number of likely N-dealkylation sites (tertiary alicyclic amines) is 1. The zero-order chi connectivity index (χ0) is 25.0. The number of ether oxygens (including phenoxy) is 2. The molecule has 35 heavy (non-hydrogen) atoms. The fourth-order valence-corrected chi connectivity index (χ4v) is 4.49. The molecule has 3 N–H and O–H groups in total. The van der Waals surface area contributed by atoms with E-state index in [1.807, 2.05) is 6.92 Å². The number of piperidine rings is 1. The highest BCUT2D eigenvalue weighted by molar-refractivity contribution is 5.94. The minimum absolute atomic E-state index is 0.114. The van der Waals surface area contributed by atoms with Crippen molar-refractivity contribution < 1.29 is 27.4 Å². The molecule has 0 saturated carbocycles. The van der Waals surface area contributed by atoms with E-state index in [1.165, 1.54) is 18.5 Å². The molecule has 2 fully saturated rings. The maximum absolute atomic E-state index is 13.0. The highest BCUT2D eigenvalue weighted by atomic mass is 19.4. The van der Waals surface area contributed by atoms with E-state index in [-0.39, 0.29) is 29.9 Å². The number of alkyl halides is 3. The first-order valence-electron chi connectivity index (χ1n) is 11.8. The van der Waals surface area contributed by atoms with Crippen molar-refractivity contribution in [1.82, 2.24) is 14.9 Å². The van der Waals surface area contributed by atoms with Gasteiger partial charge in [0.05, 0.1) is 12.2 Å². The minimum Gasteiger partial charge on any atom is -0.406 e. The SMILES string of the molecule is Cc1c(NC[C@@H]2CCC[C@H](c3ccc(OC(F)(F)F)cc3)O2)ncnc1C(=O)N1CCC(N)CC1. The maximum atomic E-state index is 13.0. The lowest BCUT2D eigenvalue weighted by Gasteiger charge is -2.31. The zero-order valence-corrected chi connectivity index (χ0v) is 19.6. The molecule has 0 aliphatic carbocycles. The second-order valence-electron chi connectivity index (χ2n) is 9.00. The second-order valence-corrected chi connectivity index (χ2v) is 9.00. The average Bonchev–Trinajstić information content (AvgIpc) is 2.83. The van der Waals surface area contributed by atoms with Crippen LogP contribution < -0.4 is 15.8 Å². The first-order valence-corrected chi connectivity index (χ1v) is 11.8. The van der Waals surface area contributed by atoms with E-state index >= 15 is 0 Å². The Bertz CT molecular complexity index is 1010. The Hall–Kier alpha value is -2.92. The number of hydrogen-bond acceptors (Lipinski definition) is 7. The van der Waals surface area contributed by atoms with Gasteiger partial charge in [-0.3, -0.25) is 4.79 Å². The summed E-state index contributed by atoms with van der Waals surface area (Å²) in [4.78, 5) is 23.3. The number of halogens is 3. The molecule has 2 atom stereocenters. The molecule has 11 heteroatoms. The molecular formula is C24H30F3N5O3. The van der Waals surface area contributed by atoms with Crippen LogP contribution in [0.3, 0.4) is 0 Å². The number of nitrogens with zero attached hydrogens (tertiary/aromatic N) is 3. The highest BCUT2D eigenvalue weighted by Gasteiger charge is 2.31. The van der Waals surface area contributed by atoms with E-state index in [9.17, 15) is 18.0 Å². The van der Waals surface area contributed by atoms with Crippen LogP contribution in [0.1, 0.15) is 59.8 Å². The van der Waals surface area contributed by atoms with Crippen molar-refractivity contribution in [3.8, 4) is 5.75 Å². The lowest BCUT2D eigenvalue weighted by Crippen LogP contribution is -2.43. The molecule has 2 aliphatic rings. The van der Waals surface area contributed by atoms with Gasteiger partial charge in [0, 0.05) is 31.2 Å². The van der Waals surface area contributed by atoms with Gasteiger partial charge in [-0.25, -0.2) is 9.97 Å². The molecule has 0 bridgehead atoms. The Kier molecular flexibility index (Phi) is 7.75. The highest BCUT2D eigenvalue weighted by Crippen LogP contribution is 2.33. The van der Waals surface area contributed by atoms with Gasteiger partial charge in [0.15, 0.2) is 0 Å². The van der Waals surface area contributed by atoms with Crippen molar-refractivity contribution in [1.29, 1.82) is 0 Å². The third kappa shape index (κ3) is 6.61. The van der Waals surface area contributed by atoms with Crippen LogP contribution in [0.5, 0.6) is 5.75 Å². The number of carbonyl (C=O) groups excluding carboxylic acids is 1. The smallest absolute Gasteiger partial charge is 0.406 e. The van der Waals surface area contributed by atoms with Crippen LogP contribution in [0.2, 0.25) is 0 Å². The topological polar surface area (TPSA) is 103 Å². The van der Waals surface area contributed by atoms with Crippen LogP contribution in [0.15, 0.2) is 30.6 Å².